The van der Waals surface area contributed by atoms with Gasteiger partial charge in [0.2, 0.25) is 0 Å². The second-order valence-electron chi connectivity index (χ2n) is 4.33. The summed E-state index contributed by atoms with van der Waals surface area (Å²) in [4.78, 5) is 8.27. The minimum absolute atomic E-state index is 0.287. The second-order valence-corrected chi connectivity index (χ2v) is 5.18. The number of hydrogen-bond acceptors (Lipinski definition) is 5. The van der Waals surface area contributed by atoms with Crippen molar-refractivity contribution >= 4 is 15.9 Å². The quantitative estimate of drug-likeness (QED) is 0.830. The van der Waals surface area contributed by atoms with Crippen LogP contribution < -0.4 is 15.2 Å². The van der Waals surface area contributed by atoms with Gasteiger partial charge >= 0.3 is 0 Å². The maximum Gasteiger partial charge on any atom is 0.176 e. The number of aromatic nitrogens is 2. The van der Waals surface area contributed by atoms with Gasteiger partial charge in [-0.3, -0.25) is 0 Å². The first-order valence-electron chi connectivity index (χ1n) is 6.78. The maximum atomic E-state index is 5.81. The predicted octanol–water partition coefficient (Wildman–Crippen LogP) is 2.72. The Labute approximate surface area is 132 Å². The first kappa shape index (κ1) is 15.7. The molecule has 0 bridgehead atoms. The van der Waals surface area contributed by atoms with E-state index in [-0.39, 0.29) is 6.61 Å². The average Bonchev–Trinajstić information content (AvgIpc) is 2.48. The molecule has 2 rings (SSSR count). The molecule has 0 spiro atoms. The fraction of sp³-hybridized carbons (Fsp3) is 0.333. The molecule has 112 valence electrons. The van der Waals surface area contributed by atoms with Crippen LogP contribution in [-0.2, 0) is 13.0 Å². The first-order valence-corrected chi connectivity index (χ1v) is 7.58. The third kappa shape index (κ3) is 4.41. The van der Waals surface area contributed by atoms with Crippen LogP contribution in [0.1, 0.15) is 18.3 Å². The van der Waals surface area contributed by atoms with Crippen LogP contribution in [0.4, 0.5) is 0 Å². The Morgan fingerprint density at radius 1 is 1.19 bits per heavy atom. The van der Waals surface area contributed by atoms with Gasteiger partial charge in [0, 0.05) is 12.4 Å². The fourth-order valence-electron chi connectivity index (χ4n) is 1.88. The third-order valence-corrected chi connectivity index (χ3v) is 3.36. The molecule has 2 N–H and O–H groups in total. The zero-order valence-electron chi connectivity index (χ0n) is 11.9. The van der Waals surface area contributed by atoms with Crippen molar-refractivity contribution in [3.8, 4) is 11.5 Å². The van der Waals surface area contributed by atoms with Gasteiger partial charge in [0.25, 0.3) is 0 Å². The molecular weight excluding hydrogens is 334 g/mol. The lowest BCUT2D eigenvalue weighted by atomic mass is 10.1. The molecule has 0 aliphatic carbocycles. The number of nitrogens with zero attached hydrogens (tertiary/aromatic N) is 2. The van der Waals surface area contributed by atoms with Crippen LogP contribution in [0.25, 0.3) is 0 Å². The molecule has 0 amide bonds. The third-order valence-electron chi connectivity index (χ3n) is 2.77. The van der Waals surface area contributed by atoms with Crippen molar-refractivity contribution in [1.29, 1.82) is 0 Å². The Bertz CT molecular complexity index is 579. The zero-order valence-corrected chi connectivity index (χ0v) is 13.5. The molecule has 0 radical (unpaired) electrons. The van der Waals surface area contributed by atoms with Gasteiger partial charge in [-0.1, -0.05) is 0 Å². The van der Waals surface area contributed by atoms with Crippen molar-refractivity contribution in [3.63, 3.8) is 0 Å². The van der Waals surface area contributed by atoms with Gasteiger partial charge in [0.05, 0.1) is 11.1 Å². The topological polar surface area (TPSA) is 70.3 Å². The SMILES string of the molecule is CCOc1cc(CCN)cc(Br)c1OCc1ncccn1. The van der Waals surface area contributed by atoms with E-state index in [1.807, 2.05) is 19.1 Å². The van der Waals surface area contributed by atoms with Gasteiger partial charge < -0.3 is 15.2 Å². The largest absolute Gasteiger partial charge is 0.490 e. The summed E-state index contributed by atoms with van der Waals surface area (Å²) >= 11 is 3.52. The highest BCUT2D eigenvalue weighted by Crippen LogP contribution is 2.37. The molecule has 2 aromatic rings. The number of benzene rings is 1. The summed E-state index contributed by atoms with van der Waals surface area (Å²) in [5.74, 6) is 1.98. The molecule has 1 aromatic heterocycles. The molecule has 21 heavy (non-hydrogen) atoms. The van der Waals surface area contributed by atoms with E-state index >= 15 is 0 Å². The summed E-state index contributed by atoms with van der Waals surface area (Å²) in [7, 11) is 0. The molecule has 5 nitrogen and oxygen atoms in total. The number of ether oxygens (including phenoxy) is 2. The molecule has 0 saturated carbocycles. The first-order chi connectivity index (χ1) is 10.2. The zero-order chi connectivity index (χ0) is 15.1. The lowest BCUT2D eigenvalue weighted by Gasteiger charge is -2.15. The van der Waals surface area contributed by atoms with E-state index in [2.05, 4.69) is 25.9 Å². The standard InChI is InChI=1S/C15H18BrN3O2/c1-2-20-13-9-11(4-5-17)8-12(16)15(13)21-10-14-18-6-3-7-19-14/h3,6-9H,2,4-5,10,17H2,1H3. The van der Waals surface area contributed by atoms with E-state index < -0.39 is 0 Å². The molecule has 0 unspecified atom stereocenters. The van der Waals surface area contributed by atoms with Gasteiger partial charge in [-0.2, -0.15) is 0 Å². The molecule has 0 fully saturated rings. The van der Waals surface area contributed by atoms with Crippen LogP contribution in [0.5, 0.6) is 11.5 Å². The van der Waals surface area contributed by atoms with E-state index in [1.165, 1.54) is 0 Å². The van der Waals surface area contributed by atoms with Gasteiger partial charge in [-0.15, -0.1) is 0 Å². The maximum absolute atomic E-state index is 5.81. The van der Waals surface area contributed by atoms with E-state index in [9.17, 15) is 0 Å². The second kappa shape index (κ2) is 7.95. The minimum Gasteiger partial charge on any atom is -0.490 e. The van der Waals surface area contributed by atoms with Crippen molar-refractivity contribution in [1.82, 2.24) is 9.97 Å². The van der Waals surface area contributed by atoms with Crippen LogP contribution in [-0.4, -0.2) is 23.1 Å². The van der Waals surface area contributed by atoms with E-state index in [0.29, 0.717) is 30.5 Å². The summed E-state index contributed by atoms with van der Waals surface area (Å²) < 4.78 is 12.3. The molecule has 1 heterocycles. The Balaban J connectivity index is 2.20. The smallest absolute Gasteiger partial charge is 0.176 e. The Morgan fingerprint density at radius 3 is 2.62 bits per heavy atom. The number of rotatable bonds is 7. The normalized spacial score (nSPS) is 10.4. The van der Waals surface area contributed by atoms with Crippen molar-refractivity contribution < 1.29 is 9.47 Å². The van der Waals surface area contributed by atoms with Crippen molar-refractivity contribution in [2.24, 2.45) is 5.73 Å². The van der Waals surface area contributed by atoms with Gasteiger partial charge in [-0.05, 0) is 59.6 Å². The lowest BCUT2D eigenvalue weighted by molar-refractivity contribution is 0.261. The molecule has 0 saturated heterocycles. The van der Waals surface area contributed by atoms with Gasteiger partial charge in [0.15, 0.2) is 17.3 Å². The monoisotopic (exact) mass is 351 g/mol. The van der Waals surface area contributed by atoms with Crippen LogP contribution in [0.15, 0.2) is 35.1 Å². The fourth-order valence-corrected chi connectivity index (χ4v) is 2.48. The molecule has 0 aliphatic heterocycles. The summed E-state index contributed by atoms with van der Waals surface area (Å²) in [5, 5.41) is 0. The van der Waals surface area contributed by atoms with E-state index in [1.54, 1.807) is 18.5 Å². The highest BCUT2D eigenvalue weighted by molar-refractivity contribution is 9.10. The average molecular weight is 352 g/mol. The number of halogens is 1. The Morgan fingerprint density at radius 2 is 1.95 bits per heavy atom. The molecule has 1 aromatic carbocycles. The predicted molar refractivity (Wildman–Crippen MR) is 84.4 cm³/mol. The Hall–Kier alpha value is -1.66. The Kier molecular flexibility index (Phi) is 5.95. The van der Waals surface area contributed by atoms with Gasteiger partial charge in [-0.25, -0.2) is 9.97 Å². The van der Waals surface area contributed by atoms with Crippen LogP contribution in [0, 0.1) is 0 Å². The van der Waals surface area contributed by atoms with Crippen molar-refractivity contribution in [2.45, 2.75) is 20.0 Å². The summed E-state index contributed by atoms with van der Waals surface area (Å²) in [6, 6.07) is 5.73. The molecule has 0 atom stereocenters. The highest BCUT2D eigenvalue weighted by atomic mass is 79.9. The summed E-state index contributed by atoms with van der Waals surface area (Å²) in [6.07, 6.45) is 4.17. The van der Waals surface area contributed by atoms with Crippen molar-refractivity contribution in [3.05, 3.63) is 46.5 Å². The molecule has 6 heteroatoms. The van der Waals surface area contributed by atoms with Crippen LogP contribution >= 0.6 is 15.9 Å². The minimum atomic E-state index is 0.287. The number of hydrogen-bond donors (Lipinski definition) is 1. The van der Waals surface area contributed by atoms with Crippen LogP contribution in [0.2, 0.25) is 0 Å². The van der Waals surface area contributed by atoms with Crippen LogP contribution in [0.3, 0.4) is 0 Å². The van der Waals surface area contributed by atoms with E-state index in [0.717, 1.165) is 16.5 Å². The van der Waals surface area contributed by atoms with Gasteiger partial charge in [0.1, 0.15) is 6.61 Å². The number of nitrogens with two attached hydrogens (primary N) is 1. The highest BCUT2D eigenvalue weighted by Gasteiger charge is 2.13. The summed E-state index contributed by atoms with van der Waals surface area (Å²) in [5.41, 5.74) is 6.71. The lowest BCUT2D eigenvalue weighted by Crippen LogP contribution is -2.06. The molecule has 0 aliphatic rings. The summed E-state index contributed by atoms with van der Waals surface area (Å²) in [6.45, 7) is 3.39. The van der Waals surface area contributed by atoms with E-state index in [4.69, 9.17) is 15.2 Å². The molecular formula is C15H18BrN3O2. The van der Waals surface area contributed by atoms with Crippen molar-refractivity contribution in [2.75, 3.05) is 13.2 Å².